The van der Waals surface area contributed by atoms with Crippen LogP contribution in [-0.2, 0) is 21.7 Å². The highest BCUT2D eigenvalue weighted by Crippen LogP contribution is 2.38. The van der Waals surface area contributed by atoms with E-state index in [4.69, 9.17) is 15.2 Å². The molecule has 0 fully saturated rings. The van der Waals surface area contributed by atoms with E-state index >= 15 is 0 Å². The second-order valence-corrected chi connectivity index (χ2v) is 6.98. The van der Waals surface area contributed by atoms with Gasteiger partial charge in [0.2, 0.25) is 5.91 Å². The number of benzene rings is 1. The lowest BCUT2D eigenvalue weighted by Gasteiger charge is -2.22. The predicted octanol–water partition coefficient (Wildman–Crippen LogP) is 2.77. The lowest BCUT2D eigenvalue weighted by molar-refractivity contribution is -0.118. The first-order chi connectivity index (χ1) is 13.4. The van der Waals surface area contributed by atoms with Crippen LogP contribution in [0.25, 0.3) is 0 Å². The maximum absolute atomic E-state index is 11.4. The van der Waals surface area contributed by atoms with E-state index in [1.54, 1.807) is 24.2 Å². The van der Waals surface area contributed by atoms with Crippen molar-refractivity contribution in [2.75, 3.05) is 18.6 Å². The third-order valence-electron chi connectivity index (χ3n) is 5.20. The molecule has 0 aliphatic carbocycles. The molecule has 0 radical (unpaired) electrons. The quantitative estimate of drug-likeness (QED) is 0.860. The first-order valence-electron chi connectivity index (χ1n) is 9.27. The number of anilines is 1. The van der Waals surface area contributed by atoms with Gasteiger partial charge in [-0.2, -0.15) is 0 Å². The van der Waals surface area contributed by atoms with Gasteiger partial charge in [0.15, 0.2) is 0 Å². The summed E-state index contributed by atoms with van der Waals surface area (Å²) in [6, 6.07) is 9.32. The molecular weight excluding hydrogens is 358 g/mol. The number of carbonyl (C=O) groups excluding carboxylic acids is 2. The number of rotatable bonds is 2. The van der Waals surface area contributed by atoms with Crippen LogP contribution in [-0.4, -0.2) is 30.5 Å². The van der Waals surface area contributed by atoms with Gasteiger partial charge < -0.3 is 20.1 Å². The van der Waals surface area contributed by atoms with Crippen molar-refractivity contribution in [1.29, 1.82) is 0 Å². The van der Waals surface area contributed by atoms with E-state index in [0.717, 1.165) is 29.0 Å². The Morgan fingerprint density at radius 2 is 2.11 bits per heavy atom. The molecule has 4 rings (SSSR count). The van der Waals surface area contributed by atoms with Crippen molar-refractivity contribution in [2.24, 2.45) is 5.73 Å². The molecule has 0 bridgehead atoms. The van der Waals surface area contributed by atoms with Gasteiger partial charge in [0.1, 0.15) is 11.4 Å². The highest BCUT2D eigenvalue weighted by atomic mass is 16.5. The summed E-state index contributed by atoms with van der Waals surface area (Å²) in [4.78, 5) is 28.1. The molecule has 7 nitrogen and oxygen atoms in total. The van der Waals surface area contributed by atoms with Crippen molar-refractivity contribution in [3.05, 3.63) is 53.3 Å². The fourth-order valence-corrected chi connectivity index (χ4v) is 3.24. The second-order valence-electron chi connectivity index (χ2n) is 6.98. The van der Waals surface area contributed by atoms with Crippen LogP contribution in [0, 0.1) is 0 Å². The van der Waals surface area contributed by atoms with E-state index < -0.39 is 5.91 Å². The van der Waals surface area contributed by atoms with E-state index in [-0.39, 0.29) is 11.5 Å². The number of para-hydroxylation sites is 2. The smallest absolute Gasteiger partial charge is 0.267 e. The number of ether oxygens (including phenoxy) is 2. The van der Waals surface area contributed by atoms with Crippen molar-refractivity contribution in [3.8, 4) is 5.75 Å². The monoisotopic (exact) mass is 383 g/mol. The maximum atomic E-state index is 11.4. The second kappa shape index (κ2) is 7.98. The molecule has 28 heavy (non-hydrogen) atoms. The number of nitrogens with zero attached hydrogens (tertiary/aromatic N) is 2. The molecule has 7 heteroatoms. The number of primary amides is 1. The Morgan fingerprint density at radius 1 is 1.36 bits per heavy atom. The fourth-order valence-electron chi connectivity index (χ4n) is 3.24. The van der Waals surface area contributed by atoms with Gasteiger partial charge in [0, 0.05) is 18.8 Å². The summed E-state index contributed by atoms with van der Waals surface area (Å²) >= 11 is 0. The molecule has 2 amide bonds. The van der Waals surface area contributed by atoms with Gasteiger partial charge in [-0.15, -0.1) is 0 Å². The van der Waals surface area contributed by atoms with Crippen LogP contribution in [0.15, 0.2) is 36.5 Å². The summed E-state index contributed by atoms with van der Waals surface area (Å²) in [6.45, 7) is 5.11. The minimum Gasteiger partial charge on any atom is -0.491 e. The molecule has 1 atom stereocenters. The molecule has 0 saturated heterocycles. The molecule has 2 aliphatic rings. The molecule has 2 aromatic rings. The number of fused-ring (bicyclic) bond motifs is 2. The van der Waals surface area contributed by atoms with Gasteiger partial charge in [-0.25, -0.2) is 0 Å². The first-order valence-corrected chi connectivity index (χ1v) is 9.27. The van der Waals surface area contributed by atoms with Crippen LogP contribution in [0.3, 0.4) is 0 Å². The van der Waals surface area contributed by atoms with Crippen LogP contribution in [0.5, 0.6) is 5.75 Å². The molecule has 1 aromatic heterocycles. The Hall–Kier alpha value is -2.93. The summed E-state index contributed by atoms with van der Waals surface area (Å²) in [5.41, 5.74) is 8.13. The topological polar surface area (TPSA) is 94.8 Å². The zero-order valence-electron chi connectivity index (χ0n) is 16.4. The van der Waals surface area contributed by atoms with Gasteiger partial charge >= 0.3 is 0 Å². The maximum Gasteiger partial charge on any atom is 0.267 e. The molecule has 0 unspecified atom stereocenters. The standard InChI is InChI=1S/C11H14N2O2.C10H11NO2/c1-3-11(2)8-4-9(10(12)14)13-5-7(8)6-15-11;1-11-8-4-2-3-5-9(8)13-7-6-10(11)12/h4-5H,3,6H2,1-2H3,(H2,12,14);2-5H,6-7H2,1H3/t11-;/m0./s1. The largest absolute Gasteiger partial charge is 0.491 e. The number of hydrogen-bond donors (Lipinski definition) is 1. The predicted molar refractivity (Wildman–Crippen MR) is 105 cm³/mol. The summed E-state index contributed by atoms with van der Waals surface area (Å²) in [5.74, 6) is 0.393. The molecule has 0 saturated carbocycles. The van der Waals surface area contributed by atoms with E-state index in [1.165, 1.54) is 0 Å². The summed E-state index contributed by atoms with van der Waals surface area (Å²) < 4.78 is 11.1. The van der Waals surface area contributed by atoms with Gasteiger partial charge in [0.05, 0.1) is 30.9 Å². The van der Waals surface area contributed by atoms with Crippen molar-refractivity contribution in [2.45, 2.75) is 38.9 Å². The Kier molecular flexibility index (Phi) is 5.65. The van der Waals surface area contributed by atoms with Gasteiger partial charge in [-0.3, -0.25) is 14.6 Å². The van der Waals surface area contributed by atoms with Gasteiger partial charge in [-0.05, 0) is 37.1 Å². The highest BCUT2D eigenvalue weighted by Gasteiger charge is 2.34. The summed E-state index contributed by atoms with van der Waals surface area (Å²) in [6.07, 6.45) is 2.99. The molecule has 1 aromatic carbocycles. The van der Waals surface area contributed by atoms with Crippen LogP contribution in [0.1, 0.15) is 48.3 Å². The Bertz CT molecular complexity index is 899. The third-order valence-corrected chi connectivity index (χ3v) is 5.20. The molecule has 3 heterocycles. The van der Waals surface area contributed by atoms with E-state index in [1.807, 2.05) is 31.2 Å². The first kappa shape index (κ1) is 19.8. The number of pyridine rings is 1. The average molecular weight is 383 g/mol. The summed E-state index contributed by atoms with van der Waals surface area (Å²) in [7, 11) is 1.77. The molecule has 148 valence electrons. The van der Waals surface area contributed by atoms with E-state index in [9.17, 15) is 9.59 Å². The number of amides is 2. The number of carbonyl (C=O) groups is 2. The van der Waals surface area contributed by atoms with Crippen LogP contribution in [0.4, 0.5) is 5.69 Å². The Labute approximate surface area is 164 Å². The normalized spacial score (nSPS) is 20.2. The Balaban J connectivity index is 0.000000162. The van der Waals surface area contributed by atoms with Crippen molar-refractivity contribution in [1.82, 2.24) is 4.98 Å². The lowest BCUT2D eigenvalue weighted by atomic mass is 9.92. The van der Waals surface area contributed by atoms with Crippen molar-refractivity contribution >= 4 is 17.5 Å². The van der Waals surface area contributed by atoms with Crippen molar-refractivity contribution in [3.63, 3.8) is 0 Å². The van der Waals surface area contributed by atoms with Gasteiger partial charge in [0.25, 0.3) is 5.91 Å². The van der Waals surface area contributed by atoms with Gasteiger partial charge in [-0.1, -0.05) is 19.1 Å². The van der Waals surface area contributed by atoms with Crippen molar-refractivity contribution < 1.29 is 19.1 Å². The number of aromatic nitrogens is 1. The molecular formula is C21H25N3O4. The number of nitrogens with two attached hydrogens (primary N) is 1. The van der Waals surface area contributed by atoms with E-state index in [2.05, 4.69) is 11.9 Å². The average Bonchev–Trinajstić information content (AvgIpc) is 2.97. The minimum atomic E-state index is -0.497. The van der Waals surface area contributed by atoms with Crippen LogP contribution < -0.4 is 15.4 Å². The zero-order chi connectivity index (χ0) is 20.3. The highest BCUT2D eigenvalue weighted by molar-refractivity contribution is 5.95. The SMILES string of the molecule is CC[C@]1(C)OCc2cnc(C(N)=O)cc21.CN1C(=O)CCOc2ccccc21. The van der Waals surface area contributed by atoms with E-state index in [0.29, 0.717) is 25.3 Å². The fraction of sp³-hybridized carbons (Fsp3) is 0.381. The molecule has 2 N–H and O–H groups in total. The molecule has 0 spiro atoms. The minimum absolute atomic E-state index is 0.102. The number of hydrogen-bond acceptors (Lipinski definition) is 5. The Morgan fingerprint density at radius 3 is 2.82 bits per heavy atom. The molecule has 2 aliphatic heterocycles. The van der Waals surface area contributed by atoms with Crippen LogP contribution >= 0.6 is 0 Å². The lowest BCUT2D eigenvalue weighted by Crippen LogP contribution is -2.24. The third kappa shape index (κ3) is 3.84. The summed E-state index contributed by atoms with van der Waals surface area (Å²) in [5, 5.41) is 0. The zero-order valence-corrected chi connectivity index (χ0v) is 16.4. The van der Waals surface area contributed by atoms with Crippen LogP contribution in [0.2, 0.25) is 0 Å².